The third-order valence-electron chi connectivity index (χ3n) is 2.87. The monoisotopic (exact) mass is 210 g/mol. The van der Waals surface area contributed by atoms with Gasteiger partial charge in [-0.2, -0.15) is 5.10 Å². The molecule has 2 N–H and O–H groups in total. The first-order valence-corrected chi connectivity index (χ1v) is 5.32. The summed E-state index contributed by atoms with van der Waals surface area (Å²) in [6, 6.07) is 2.39. The Morgan fingerprint density at radius 3 is 3.20 bits per heavy atom. The SMILES string of the molecule is CN(CCn1ccc(N)n1)C1CCOC1. The van der Waals surface area contributed by atoms with Gasteiger partial charge in [-0.15, -0.1) is 0 Å². The molecule has 0 saturated carbocycles. The first-order chi connectivity index (χ1) is 7.25. The molecule has 1 fully saturated rings. The molecule has 0 radical (unpaired) electrons. The summed E-state index contributed by atoms with van der Waals surface area (Å²) >= 11 is 0. The van der Waals surface area contributed by atoms with E-state index in [0.717, 1.165) is 32.7 Å². The fraction of sp³-hybridized carbons (Fsp3) is 0.700. The molecule has 1 atom stereocenters. The smallest absolute Gasteiger partial charge is 0.145 e. The Morgan fingerprint density at radius 1 is 1.73 bits per heavy atom. The van der Waals surface area contributed by atoms with Gasteiger partial charge in [-0.05, 0) is 19.5 Å². The lowest BCUT2D eigenvalue weighted by molar-refractivity contribution is 0.156. The highest BCUT2D eigenvalue weighted by Crippen LogP contribution is 2.10. The van der Waals surface area contributed by atoms with Crippen molar-refractivity contribution in [2.24, 2.45) is 0 Å². The van der Waals surface area contributed by atoms with Crippen LogP contribution in [0.15, 0.2) is 12.3 Å². The Bertz CT molecular complexity index is 306. The van der Waals surface area contributed by atoms with Gasteiger partial charge < -0.3 is 10.5 Å². The molecule has 1 aliphatic rings. The summed E-state index contributed by atoms with van der Waals surface area (Å²) in [6.45, 7) is 3.61. The molecule has 2 rings (SSSR count). The van der Waals surface area contributed by atoms with Crippen molar-refractivity contribution >= 4 is 5.82 Å². The van der Waals surface area contributed by atoms with Crippen LogP contribution in [-0.2, 0) is 11.3 Å². The van der Waals surface area contributed by atoms with Crippen molar-refractivity contribution in [3.63, 3.8) is 0 Å². The molecule has 15 heavy (non-hydrogen) atoms. The number of hydrogen-bond acceptors (Lipinski definition) is 4. The van der Waals surface area contributed by atoms with Crippen LogP contribution in [0.5, 0.6) is 0 Å². The number of aromatic nitrogens is 2. The van der Waals surface area contributed by atoms with Crippen molar-refractivity contribution in [2.45, 2.75) is 19.0 Å². The molecule has 1 aromatic rings. The van der Waals surface area contributed by atoms with E-state index in [1.54, 1.807) is 0 Å². The Hall–Kier alpha value is -1.07. The Balaban J connectivity index is 1.77. The number of hydrogen-bond donors (Lipinski definition) is 1. The molecule has 5 heteroatoms. The first kappa shape index (κ1) is 10.4. The Kier molecular flexibility index (Phi) is 3.23. The van der Waals surface area contributed by atoms with Crippen LogP contribution in [0.1, 0.15) is 6.42 Å². The number of nitrogen functional groups attached to an aromatic ring is 1. The van der Waals surface area contributed by atoms with Crippen LogP contribution in [-0.4, -0.2) is 47.5 Å². The number of rotatable bonds is 4. The van der Waals surface area contributed by atoms with Crippen molar-refractivity contribution in [1.82, 2.24) is 14.7 Å². The summed E-state index contributed by atoms with van der Waals surface area (Å²) in [5.41, 5.74) is 5.54. The van der Waals surface area contributed by atoms with Crippen LogP contribution in [0, 0.1) is 0 Å². The zero-order chi connectivity index (χ0) is 10.7. The fourth-order valence-corrected chi connectivity index (χ4v) is 1.81. The summed E-state index contributed by atoms with van der Waals surface area (Å²) in [5.74, 6) is 0.585. The van der Waals surface area contributed by atoms with Crippen molar-refractivity contribution < 1.29 is 4.74 Å². The van der Waals surface area contributed by atoms with Gasteiger partial charge in [0.1, 0.15) is 5.82 Å². The quantitative estimate of drug-likeness (QED) is 0.770. The summed E-state index contributed by atoms with van der Waals surface area (Å²) in [4.78, 5) is 2.32. The minimum atomic E-state index is 0.568. The molecule has 0 spiro atoms. The average Bonchev–Trinajstić information content (AvgIpc) is 2.84. The van der Waals surface area contributed by atoms with Gasteiger partial charge in [-0.25, -0.2) is 0 Å². The van der Waals surface area contributed by atoms with Gasteiger partial charge in [-0.3, -0.25) is 9.58 Å². The highest BCUT2D eigenvalue weighted by Gasteiger charge is 2.19. The zero-order valence-electron chi connectivity index (χ0n) is 9.09. The predicted octanol–water partition coefficient (Wildman–Crippen LogP) is 0.186. The molecule has 1 aliphatic heterocycles. The molecule has 0 aliphatic carbocycles. The van der Waals surface area contributed by atoms with Crippen LogP contribution >= 0.6 is 0 Å². The maximum Gasteiger partial charge on any atom is 0.145 e. The van der Waals surface area contributed by atoms with Gasteiger partial charge >= 0.3 is 0 Å². The molecule has 0 aromatic carbocycles. The van der Waals surface area contributed by atoms with E-state index in [4.69, 9.17) is 10.5 Å². The maximum absolute atomic E-state index is 5.54. The van der Waals surface area contributed by atoms with E-state index >= 15 is 0 Å². The normalized spacial score (nSPS) is 21.3. The summed E-state index contributed by atoms with van der Waals surface area (Å²) < 4.78 is 7.23. The van der Waals surface area contributed by atoms with E-state index in [-0.39, 0.29) is 0 Å². The van der Waals surface area contributed by atoms with E-state index < -0.39 is 0 Å². The molecule has 84 valence electrons. The van der Waals surface area contributed by atoms with Crippen LogP contribution < -0.4 is 5.73 Å². The van der Waals surface area contributed by atoms with Gasteiger partial charge in [0.05, 0.1) is 13.2 Å². The van der Waals surface area contributed by atoms with Gasteiger partial charge in [0, 0.05) is 25.4 Å². The van der Waals surface area contributed by atoms with E-state index in [2.05, 4.69) is 17.0 Å². The van der Waals surface area contributed by atoms with Gasteiger partial charge in [0.2, 0.25) is 0 Å². The second-order valence-corrected chi connectivity index (χ2v) is 4.00. The van der Waals surface area contributed by atoms with E-state index in [9.17, 15) is 0 Å². The largest absolute Gasteiger partial charge is 0.382 e. The molecule has 1 unspecified atom stereocenters. The van der Waals surface area contributed by atoms with E-state index in [1.165, 1.54) is 0 Å². The standard InChI is InChI=1S/C10H18N4O/c1-13(9-3-7-15-8-9)5-6-14-4-2-10(11)12-14/h2,4,9H,3,5-8H2,1H3,(H2,11,12). The zero-order valence-corrected chi connectivity index (χ0v) is 9.09. The summed E-state index contributed by atoms with van der Waals surface area (Å²) in [5, 5.41) is 4.15. The molecule has 1 aromatic heterocycles. The second kappa shape index (κ2) is 4.63. The number of likely N-dealkylation sites (N-methyl/N-ethyl adjacent to an activating group) is 1. The van der Waals surface area contributed by atoms with Gasteiger partial charge in [0.15, 0.2) is 0 Å². The number of ether oxygens (including phenoxy) is 1. The molecule has 0 amide bonds. The average molecular weight is 210 g/mol. The Labute approximate surface area is 89.8 Å². The fourth-order valence-electron chi connectivity index (χ4n) is 1.81. The Morgan fingerprint density at radius 2 is 2.60 bits per heavy atom. The highest BCUT2D eigenvalue weighted by atomic mass is 16.5. The number of anilines is 1. The van der Waals surface area contributed by atoms with Crippen molar-refractivity contribution in [2.75, 3.05) is 32.5 Å². The predicted molar refractivity (Wildman–Crippen MR) is 58.5 cm³/mol. The summed E-state index contributed by atoms with van der Waals surface area (Å²) in [7, 11) is 2.13. The molecule has 5 nitrogen and oxygen atoms in total. The topological polar surface area (TPSA) is 56.3 Å². The second-order valence-electron chi connectivity index (χ2n) is 4.00. The molecule has 0 bridgehead atoms. The van der Waals surface area contributed by atoms with Crippen LogP contribution in [0.3, 0.4) is 0 Å². The highest BCUT2D eigenvalue weighted by molar-refractivity contribution is 5.23. The van der Waals surface area contributed by atoms with Gasteiger partial charge in [0.25, 0.3) is 0 Å². The van der Waals surface area contributed by atoms with Gasteiger partial charge in [-0.1, -0.05) is 0 Å². The molecule has 1 saturated heterocycles. The van der Waals surface area contributed by atoms with Crippen molar-refractivity contribution in [3.8, 4) is 0 Å². The van der Waals surface area contributed by atoms with Crippen molar-refractivity contribution in [3.05, 3.63) is 12.3 Å². The molecular weight excluding hydrogens is 192 g/mol. The van der Waals surface area contributed by atoms with Crippen LogP contribution in [0.2, 0.25) is 0 Å². The minimum absolute atomic E-state index is 0.568. The third kappa shape index (κ3) is 2.70. The van der Waals surface area contributed by atoms with E-state index in [0.29, 0.717) is 11.9 Å². The lowest BCUT2D eigenvalue weighted by Gasteiger charge is -2.22. The summed E-state index contributed by atoms with van der Waals surface area (Å²) in [6.07, 6.45) is 3.05. The number of nitrogens with zero attached hydrogens (tertiary/aromatic N) is 3. The van der Waals surface area contributed by atoms with Crippen LogP contribution in [0.4, 0.5) is 5.82 Å². The van der Waals surface area contributed by atoms with Crippen molar-refractivity contribution in [1.29, 1.82) is 0 Å². The molecule has 2 heterocycles. The number of nitrogens with two attached hydrogens (primary N) is 1. The first-order valence-electron chi connectivity index (χ1n) is 5.32. The molecular formula is C10H18N4O. The van der Waals surface area contributed by atoms with Crippen LogP contribution in [0.25, 0.3) is 0 Å². The lowest BCUT2D eigenvalue weighted by Crippen LogP contribution is -2.34. The maximum atomic E-state index is 5.54. The third-order valence-corrected chi connectivity index (χ3v) is 2.87. The van der Waals surface area contributed by atoms with E-state index in [1.807, 2.05) is 16.9 Å². The lowest BCUT2D eigenvalue weighted by atomic mass is 10.2. The minimum Gasteiger partial charge on any atom is -0.382 e.